The molecule has 5 heteroatoms. The smallest absolute Gasteiger partial charge is 0.227 e. The van der Waals surface area contributed by atoms with Crippen LogP contribution in [-0.4, -0.2) is 19.1 Å². The molecule has 1 fully saturated rings. The number of halogens is 1. The Hall–Kier alpha value is -1.07. The van der Waals surface area contributed by atoms with Crippen molar-refractivity contribution in [1.82, 2.24) is 5.32 Å². The first-order chi connectivity index (χ1) is 9.64. The second kappa shape index (κ2) is 5.37. The molecule has 1 heterocycles. The summed E-state index contributed by atoms with van der Waals surface area (Å²) < 4.78 is 6.70. The summed E-state index contributed by atoms with van der Waals surface area (Å²) in [5.74, 6) is 1.02. The summed E-state index contributed by atoms with van der Waals surface area (Å²) in [6.07, 6.45) is 3.84. The zero-order valence-electron chi connectivity index (χ0n) is 11.4. The third-order valence-electron chi connectivity index (χ3n) is 4.45. The van der Waals surface area contributed by atoms with E-state index in [1.165, 1.54) is 5.56 Å². The van der Waals surface area contributed by atoms with Crippen LogP contribution in [0.15, 0.2) is 16.6 Å². The fourth-order valence-corrected chi connectivity index (χ4v) is 3.52. The monoisotopic (exact) mass is 338 g/mol. The second-order valence-corrected chi connectivity index (χ2v) is 6.59. The maximum absolute atomic E-state index is 12.3. The first-order valence-electron chi connectivity index (χ1n) is 7.07. The van der Waals surface area contributed by atoms with Crippen LogP contribution in [0.4, 0.5) is 0 Å². The van der Waals surface area contributed by atoms with Gasteiger partial charge in [0.2, 0.25) is 5.91 Å². The predicted molar refractivity (Wildman–Crippen MR) is 80.5 cm³/mol. The minimum absolute atomic E-state index is 0.0815. The quantitative estimate of drug-likeness (QED) is 0.883. The van der Waals surface area contributed by atoms with Crippen molar-refractivity contribution in [3.05, 3.63) is 27.7 Å². The zero-order chi connectivity index (χ0) is 14.2. The summed E-state index contributed by atoms with van der Waals surface area (Å²) in [6, 6.07) is 4.10. The van der Waals surface area contributed by atoms with Gasteiger partial charge < -0.3 is 15.8 Å². The molecule has 0 saturated heterocycles. The van der Waals surface area contributed by atoms with Gasteiger partial charge in [-0.3, -0.25) is 4.79 Å². The van der Waals surface area contributed by atoms with Crippen LogP contribution in [0, 0.1) is 5.41 Å². The molecule has 20 heavy (non-hydrogen) atoms. The summed E-state index contributed by atoms with van der Waals surface area (Å²) >= 11 is 3.51. The number of carbonyl (C=O) groups excluding carboxylic acids is 1. The number of nitrogens with two attached hydrogens (primary N) is 1. The van der Waals surface area contributed by atoms with Gasteiger partial charge in [0.25, 0.3) is 0 Å². The maximum atomic E-state index is 12.3. The van der Waals surface area contributed by atoms with E-state index in [1.54, 1.807) is 0 Å². The molecule has 0 unspecified atom stereocenters. The Labute approximate surface area is 127 Å². The molecule has 0 atom stereocenters. The number of rotatable bonds is 4. The lowest BCUT2D eigenvalue weighted by Crippen LogP contribution is -2.50. The Morgan fingerprint density at radius 1 is 1.45 bits per heavy atom. The molecule has 2 aliphatic rings. The van der Waals surface area contributed by atoms with E-state index in [2.05, 4.69) is 27.3 Å². The molecule has 1 saturated carbocycles. The van der Waals surface area contributed by atoms with Crippen molar-refractivity contribution in [2.75, 3.05) is 13.2 Å². The van der Waals surface area contributed by atoms with Gasteiger partial charge in [0.15, 0.2) is 0 Å². The Morgan fingerprint density at radius 3 is 2.90 bits per heavy atom. The highest BCUT2D eigenvalue weighted by Gasteiger charge is 2.42. The summed E-state index contributed by atoms with van der Waals surface area (Å²) in [4.78, 5) is 12.3. The normalized spacial score (nSPS) is 18.9. The predicted octanol–water partition coefficient (Wildman–Crippen LogP) is 2.13. The Balaban J connectivity index is 1.71. The molecule has 108 valence electrons. The standard InChI is InChI=1S/C15H19BrN2O2/c16-12-6-10-2-5-20-13(10)11(7-12)8-18-14(19)15(9-17)3-1-4-15/h6-7H,1-5,8-9,17H2,(H,18,19). The number of hydrogen-bond donors (Lipinski definition) is 2. The lowest BCUT2D eigenvalue weighted by atomic mass is 9.68. The van der Waals surface area contributed by atoms with Crippen molar-refractivity contribution in [1.29, 1.82) is 0 Å². The van der Waals surface area contributed by atoms with Gasteiger partial charge in [0, 0.05) is 29.5 Å². The largest absolute Gasteiger partial charge is 0.493 e. The van der Waals surface area contributed by atoms with Gasteiger partial charge in [0.05, 0.1) is 12.0 Å². The topological polar surface area (TPSA) is 64.4 Å². The van der Waals surface area contributed by atoms with E-state index in [1.807, 2.05) is 6.07 Å². The van der Waals surface area contributed by atoms with Crippen LogP contribution in [0.1, 0.15) is 30.4 Å². The van der Waals surface area contributed by atoms with E-state index in [9.17, 15) is 4.79 Å². The van der Waals surface area contributed by atoms with Crippen LogP contribution in [-0.2, 0) is 17.8 Å². The van der Waals surface area contributed by atoms with Crippen LogP contribution in [0.5, 0.6) is 5.75 Å². The molecular formula is C15H19BrN2O2. The van der Waals surface area contributed by atoms with Gasteiger partial charge in [0.1, 0.15) is 5.75 Å². The van der Waals surface area contributed by atoms with Gasteiger partial charge in [-0.25, -0.2) is 0 Å². The molecular weight excluding hydrogens is 320 g/mol. The van der Waals surface area contributed by atoms with Crippen LogP contribution >= 0.6 is 15.9 Å². The molecule has 1 aliphatic carbocycles. The highest BCUT2D eigenvalue weighted by atomic mass is 79.9. The molecule has 1 aromatic rings. The molecule has 0 spiro atoms. The number of hydrogen-bond acceptors (Lipinski definition) is 3. The first-order valence-corrected chi connectivity index (χ1v) is 7.86. The van der Waals surface area contributed by atoms with Crippen molar-refractivity contribution in [2.24, 2.45) is 11.1 Å². The molecule has 0 radical (unpaired) electrons. The first kappa shape index (κ1) is 13.9. The van der Waals surface area contributed by atoms with Crippen LogP contribution < -0.4 is 15.8 Å². The van der Waals surface area contributed by atoms with Gasteiger partial charge in [-0.15, -0.1) is 0 Å². The average Bonchev–Trinajstić information content (AvgIpc) is 2.83. The Morgan fingerprint density at radius 2 is 2.25 bits per heavy atom. The highest BCUT2D eigenvalue weighted by molar-refractivity contribution is 9.10. The SMILES string of the molecule is NCC1(C(=O)NCc2cc(Br)cc3c2OCC3)CCC1. The molecule has 0 bridgehead atoms. The van der Waals surface area contributed by atoms with E-state index in [-0.39, 0.29) is 11.3 Å². The summed E-state index contributed by atoms with van der Waals surface area (Å²) in [5.41, 5.74) is 7.68. The van der Waals surface area contributed by atoms with Crippen molar-refractivity contribution in [3.63, 3.8) is 0 Å². The molecule has 1 aromatic carbocycles. The summed E-state index contributed by atoms with van der Waals surface area (Å²) in [7, 11) is 0. The molecule has 3 N–H and O–H groups in total. The highest BCUT2D eigenvalue weighted by Crippen LogP contribution is 2.40. The second-order valence-electron chi connectivity index (χ2n) is 5.67. The number of ether oxygens (including phenoxy) is 1. The number of nitrogens with one attached hydrogen (secondary N) is 1. The fourth-order valence-electron chi connectivity index (χ4n) is 2.97. The van der Waals surface area contributed by atoms with E-state index < -0.39 is 0 Å². The zero-order valence-corrected chi connectivity index (χ0v) is 13.0. The molecule has 1 amide bonds. The van der Waals surface area contributed by atoms with E-state index in [4.69, 9.17) is 10.5 Å². The third-order valence-corrected chi connectivity index (χ3v) is 4.91. The lowest BCUT2D eigenvalue weighted by Gasteiger charge is -2.39. The number of amides is 1. The van der Waals surface area contributed by atoms with E-state index >= 15 is 0 Å². The van der Waals surface area contributed by atoms with Crippen LogP contribution in [0.3, 0.4) is 0 Å². The Kier molecular flexibility index (Phi) is 3.73. The fraction of sp³-hybridized carbons (Fsp3) is 0.533. The molecule has 1 aliphatic heterocycles. The number of carbonyl (C=O) groups is 1. The Bertz CT molecular complexity index is 535. The van der Waals surface area contributed by atoms with Gasteiger partial charge in [-0.1, -0.05) is 22.4 Å². The molecule has 0 aromatic heterocycles. The summed E-state index contributed by atoms with van der Waals surface area (Å²) in [5, 5.41) is 3.03. The minimum Gasteiger partial charge on any atom is -0.493 e. The van der Waals surface area contributed by atoms with Gasteiger partial charge in [-0.05, 0) is 30.5 Å². The van der Waals surface area contributed by atoms with Gasteiger partial charge in [-0.2, -0.15) is 0 Å². The van der Waals surface area contributed by atoms with Crippen LogP contribution in [0.2, 0.25) is 0 Å². The van der Waals surface area contributed by atoms with Crippen molar-refractivity contribution in [3.8, 4) is 5.75 Å². The van der Waals surface area contributed by atoms with Crippen molar-refractivity contribution in [2.45, 2.75) is 32.2 Å². The third kappa shape index (κ3) is 2.33. The van der Waals surface area contributed by atoms with E-state index in [0.29, 0.717) is 13.1 Å². The average molecular weight is 339 g/mol. The van der Waals surface area contributed by atoms with Crippen molar-refractivity contribution >= 4 is 21.8 Å². The number of fused-ring (bicyclic) bond motifs is 1. The molecule has 3 rings (SSSR count). The van der Waals surface area contributed by atoms with E-state index in [0.717, 1.165) is 48.1 Å². The van der Waals surface area contributed by atoms with Crippen molar-refractivity contribution < 1.29 is 9.53 Å². The molecule has 4 nitrogen and oxygen atoms in total. The van der Waals surface area contributed by atoms with Crippen LogP contribution in [0.25, 0.3) is 0 Å². The summed E-state index contributed by atoms with van der Waals surface area (Å²) in [6.45, 7) is 1.66. The number of benzene rings is 1. The lowest BCUT2D eigenvalue weighted by molar-refractivity contribution is -0.135. The van der Waals surface area contributed by atoms with Gasteiger partial charge >= 0.3 is 0 Å². The minimum atomic E-state index is -0.323. The maximum Gasteiger partial charge on any atom is 0.227 e.